The van der Waals surface area contributed by atoms with E-state index in [4.69, 9.17) is 0 Å². The average molecular weight is 480 g/mol. The fourth-order valence-electron chi connectivity index (χ4n) is 4.91. The first-order chi connectivity index (χ1) is 16.1. The lowest BCUT2D eigenvalue weighted by atomic mass is 9.98. The molecule has 2 amide bonds. The van der Waals surface area contributed by atoms with Crippen LogP contribution in [0.4, 0.5) is 0 Å². The molecule has 0 aliphatic carbocycles. The van der Waals surface area contributed by atoms with Gasteiger partial charge in [0.2, 0.25) is 5.91 Å². The third-order valence-electron chi connectivity index (χ3n) is 6.60. The molecule has 3 aromatic rings. The Labute approximate surface area is 203 Å². The van der Waals surface area contributed by atoms with Crippen LogP contribution in [0.15, 0.2) is 53.2 Å². The number of carbonyl (C=O) groups is 2. The van der Waals surface area contributed by atoms with Gasteiger partial charge in [-0.25, -0.2) is 0 Å². The second-order valence-corrected chi connectivity index (χ2v) is 10.8. The number of hydrogen-bond acceptors (Lipinski definition) is 5. The van der Waals surface area contributed by atoms with Gasteiger partial charge in [-0.1, -0.05) is 23.8 Å². The van der Waals surface area contributed by atoms with Gasteiger partial charge in [0.05, 0.1) is 12.6 Å². The molecule has 1 saturated heterocycles. The van der Waals surface area contributed by atoms with Gasteiger partial charge in [-0.2, -0.15) is 0 Å². The molecule has 2 aliphatic heterocycles. The Morgan fingerprint density at radius 3 is 2.70 bits per heavy atom. The van der Waals surface area contributed by atoms with Gasteiger partial charge in [-0.3, -0.25) is 14.5 Å². The van der Waals surface area contributed by atoms with Crippen molar-refractivity contribution in [1.29, 1.82) is 0 Å². The minimum Gasteiger partial charge on any atom is -0.337 e. The molecular formula is C26H29N3O2S2. The van der Waals surface area contributed by atoms with Gasteiger partial charge < -0.3 is 9.80 Å². The predicted octanol–water partition coefficient (Wildman–Crippen LogP) is 4.44. The summed E-state index contributed by atoms with van der Waals surface area (Å²) in [5, 5.41) is 4.24. The second-order valence-electron chi connectivity index (χ2n) is 8.85. The minimum absolute atomic E-state index is 0.0267. The van der Waals surface area contributed by atoms with Gasteiger partial charge in [-0.05, 0) is 60.4 Å². The summed E-state index contributed by atoms with van der Waals surface area (Å²) in [5.74, 6) is 0.273. The third kappa shape index (κ3) is 4.76. The van der Waals surface area contributed by atoms with E-state index >= 15 is 0 Å². The maximum atomic E-state index is 13.5. The molecule has 1 atom stereocenters. The SMILES string of the molecule is Cc1cccc(C(=O)N2CCCN(CC(=O)N3CCc4sccc4[C@@H]3c3cccs3)CC2)c1. The highest BCUT2D eigenvalue weighted by Crippen LogP contribution is 2.39. The molecule has 5 rings (SSSR count). The van der Waals surface area contributed by atoms with Crippen LogP contribution in [0.1, 0.15) is 43.7 Å². The minimum atomic E-state index is 0.0267. The normalized spacial score (nSPS) is 19.2. The van der Waals surface area contributed by atoms with E-state index in [1.54, 1.807) is 22.7 Å². The van der Waals surface area contributed by atoms with Gasteiger partial charge >= 0.3 is 0 Å². The molecule has 4 heterocycles. The topological polar surface area (TPSA) is 43.9 Å². The molecule has 0 radical (unpaired) electrons. The summed E-state index contributed by atoms with van der Waals surface area (Å²) < 4.78 is 0. The van der Waals surface area contributed by atoms with Crippen LogP contribution >= 0.6 is 22.7 Å². The van der Waals surface area contributed by atoms with E-state index in [-0.39, 0.29) is 17.9 Å². The maximum absolute atomic E-state index is 13.5. The number of fused-ring (bicyclic) bond motifs is 1. The zero-order valence-corrected chi connectivity index (χ0v) is 20.5. The summed E-state index contributed by atoms with van der Waals surface area (Å²) in [6.45, 7) is 6.14. The molecule has 2 aromatic heterocycles. The van der Waals surface area contributed by atoms with Crippen LogP contribution < -0.4 is 0 Å². The number of aryl methyl sites for hydroxylation is 1. The Bertz CT molecular complexity index is 1120. The highest BCUT2D eigenvalue weighted by Gasteiger charge is 2.34. The van der Waals surface area contributed by atoms with Crippen LogP contribution in [0.2, 0.25) is 0 Å². The molecule has 0 saturated carbocycles. The first kappa shape index (κ1) is 22.3. The Balaban J connectivity index is 1.25. The monoisotopic (exact) mass is 479 g/mol. The highest BCUT2D eigenvalue weighted by molar-refractivity contribution is 7.10. The predicted molar refractivity (Wildman–Crippen MR) is 134 cm³/mol. The largest absolute Gasteiger partial charge is 0.337 e. The van der Waals surface area contributed by atoms with E-state index in [1.165, 1.54) is 15.3 Å². The first-order valence-electron chi connectivity index (χ1n) is 11.6. The molecule has 172 valence electrons. The molecule has 1 aromatic carbocycles. The van der Waals surface area contributed by atoms with E-state index in [1.807, 2.05) is 36.1 Å². The van der Waals surface area contributed by atoms with Crippen LogP contribution in [0.3, 0.4) is 0 Å². The molecule has 0 unspecified atom stereocenters. The standard InChI is InChI=1S/C26H29N3O2S2/c1-19-5-2-6-20(17-19)26(31)28-11-4-10-27(13-14-28)18-24(30)29-12-8-22-21(9-16-33-22)25(29)23-7-3-15-32-23/h2-3,5-7,9,15-17,25H,4,8,10-14,18H2,1H3/t25-/m1/s1. The van der Waals surface area contributed by atoms with Crippen molar-refractivity contribution in [2.45, 2.75) is 25.8 Å². The van der Waals surface area contributed by atoms with Crippen LogP contribution in [-0.2, 0) is 11.2 Å². The lowest BCUT2D eigenvalue weighted by Gasteiger charge is -2.36. The van der Waals surface area contributed by atoms with Crippen molar-refractivity contribution >= 4 is 34.5 Å². The van der Waals surface area contributed by atoms with Crippen molar-refractivity contribution < 1.29 is 9.59 Å². The number of thiophene rings is 2. The summed E-state index contributed by atoms with van der Waals surface area (Å²) >= 11 is 3.52. The average Bonchev–Trinajstić information content (AvgIpc) is 3.47. The van der Waals surface area contributed by atoms with Crippen LogP contribution in [0.5, 0.6) is 0 Å². The fraction of sp³-hybridized carbons (Fsp3) is 0.385. The van der Waals surface area contributed by atoms with E-state index in [2.05, 4.69) is 38.8 Å². The second kappa shape index (κ2) is 9.79. The molecule has 2 aliphatic rings. The van der Waals surface area contributed by atoms with Crippen molar-refractivity contribution in [3.63, 3.8) is 0 Å². The Kier molecular flexibility index (Phi) is 6.62. The van der Waals surface area contributed by atoms with Crippen molar-refractivity contribution in [3.05, 3.63) is 79.7 Å². The third-order valence-corrected chi connectivity index (χ3v) is 8.52. The molecule has 7 heteroatoms. The van der Waals surface area contributed by atoms with Crippen LogP contribution in [0.25, 0.3) is 0 Å². The number of benzene rings is 1. The number of rotatable bonds is 4. The number of hydrogen-bond donors (Lipinski definition) is 0. The van der Waals surface area contributed by atoms with Gasteiger partial charge in [0.15, 0.2) is 0 Å². The molecule has 0 spiro atoms. The zero-order valence-electron chi connectivity index (χ0n) is 18.9. The van der Waals surface area contributed by atoms with E-state index in [0.29, 0.717) is 13.1 Å². The van der Waals surface area contributed by atoms with Gasteiger partial charge in [0.1, 0.15) is 0 Å². The van der Waals surface area contributed by atoms with E-state index < -0.39 is 0 Å². The number of carbonyl (C=O) groups excluding carboxylic acids is 2. The quantitative estimate of drug-likeness (QED) is 0.556. The van der Waals surface area contributed by atoms with Crippen molar-refractivity contribution in [2.75, 3.05) is 39.3 Å². The van der Waals surface area contributed by atoms with Gasteiger partial charge in [0, 0.05) is 48.0 Å². The van der Waals surface area contributed by atoms with Gasteiger partial charge in [-0.15, -0.1) is 22.7 Å². The lowest BCUT2D eigenvalue weighted by molar-refractivity contribution is -0.134. The fourth-order valence-corrected chi connectivity index (χ4v) is 6.67. The first-order valence-corrected chi connectivity index (χ1v) is 13.3. The van der Waals surface area contributed by atoms with Crippen molar-refractivity contribution in [1.82, 2.24) is 14.7 Å². The highest BCUT2D eigenvalue weighted by atomic mass is 32.1. The Morgan fingerprint density at radius 2 is 1.88 bits per heavy atom. The molecule has 5 nitrogen and oxygen atoms in total. The molecule has 0 N–H and O–H groups in total. The Hall–Kier alpha value is -2.48. The van der Waals surface area contributed by atoms with Crippen LogP contribution in [-0.4, -0.2) is 65.8 Å². The number of nitrogens with zero attached hydrogens (tertiary/aromatic N) is 3. The number of amides is 2. The zero-order chi connectivity index (χ0) is 22.8. The molecule has 0 bridgehead atoms. The smallest absolute Gasteiger partial charge is 0.253 e. The lowest BCUT2D eigenvalue weighted by Crippen LogP contribution is -2.46. The van der Waals surface area contributed by atoms with E-state index in [9.17, 15) is 9.59 Å². The molecule has 33 heavy (non-hydrogen) atoms. The van der Waals surface area contributed by atoms with E-state index in [0.717, 1.165) is 50.1 Å². The summed E-state index contributed by atoms with van der Waals surface area (Å²) in [4.78, 5) is 35.3. The summed E-state index contributed by atoms with van der Waals surface area (Å²) in [7, 11) is 0. The maximum Gasteiger partial charge on any atom is 0.253 e. The van der Waals surface area contributed by atoms with Crippen molar-refractivity contribution in [2.24, 2.45) is 0 Å². The summed E-state index contributed by atoms with van der Waals surface area (Å²) in [6.07, 6.45) is 1.81. The summed E-state index contributed by atoms with van der Waals surface area (Å²) in [5.41, 5.74) is 3.13. The molecule has 1 fully saturated rings. The van der Waals surface area contributed by atoms with Crippen LogP contribution in [0, 0.1) is 6.92 Å². The van der Waals surface area contributed by atoms with Gasteiger partial charge in [0.25, 0.3) is 5.91 Å². The van der Waals surface area contributed by atoms with Crippen molar-refractivity contribution in [3.8, 4) is 0 Å². The Morgan fingerprint density at radius 1 is 0.970 bits per heavy atom. The summed E-state index contributed by atoms with van der Waals surface area (Å²) in [6, 6.07) is 14.2. The molecular weight excluding hydrogens is 450 g/mol.